The van der Waals surface area contributed by atoms with E-state index in [1.54, 1.807) is 13.8 Å². The van der Waals surface area contributed by atoms with E-state index >= 15 is 0 Å². The van der Waals surface area contributed by atoms with Gasteiger partial charge in [0, 0.05) is 12.5 Å². The molecule has 11 heteroatoms. The normalized spacial score (nSPS) is 19.5. The molecule has 4 N–H and O–H groups in total. The lowest BCUT2D eigenvalue weighted by atomic mass is 9.89. The monoisotopic (exact) mass is 482 g/mol. The van der Waals surface area contributed by atoms with Gasteiger partial charge in [-0.05, 0) is 30.7 Å². The van der Waals surface area contributed by atoms with Crippen molar-refractivity contribution in [3.8, 4) is 6.07 Å². The van der Waals surface area contributed by atoms with Crippen LogP contribution in [0.1, 0.15) is 45.1 Å². The van der Waals surface area contributed by atoms with Gasteiger partial charge in [0.1, 0.15) is 12.1 Å². The number of hydrogen-bond donors (Lipinski definition) is 4. The molecule has 186 valence electrons. The largest absolute Gasteiger partial charge is 0.421 e. The van der Waals surface area contributed by atoms with Crippen LogP contribution in [-0.2, 0) is 20.0 Å². The van der Waals surface area contributed by atoms with Crippen LogP contribution in [0.15, 0.2) is 30.3 Å². The minimum Gasteiger partial charge on any atom is -0.376 e. The van der Waals surface area contributed by atoms with Gasteiger partial charge in [0.15, 0.2) is 5.60 Å². The van der Waals surface area contributed by atoms with Gasteiger partial charge < -0.3 is 21.1 Å². The van der Waals surface area contributed by atoms with Crippen molar-refractivity contribution in [2.24, 2.45) is 11.8 Å². The quantitative estimate of drug-likeness (QED) is 0.405. The van der Waals surface area contributed by atoms with Gasteiger partial charge in [-0.1, -0.05) is 44.2 Å². The fourth-order valence-electron chi connectivity index (χ4n) is 3.83. The lowest BCUT2D eigenvalue weighted by Crippen LogP contribution is -2.53. The van der Waals surface area contributed by atoms with Crippen LogP contribution in [0, 0.1) is 23.2 Å². The topological polar surface area (TPSA) is 131 Å². The molecule has 1 aliphatic rings. The fourth-order valence-corrected chi connectivity index (χ4v) is 3.83. The number of nitrogens with zero attached hydrogens (tertiary/aromatic N) is 1. The third-order valence-corrected chi connectivity index (χ3v) is 5.65. The molecule has 0 radical (unpaired) electrons. The van der Waals surface area contributed by atoms with Crippen molar-refractivity contribution < 1.29 is 32.7 Å². The SMILES string of the molecule is CC(C)C[C@H](NC(=O)C[C@](O)(c1ccccc1)C(F)(F)F)C(=O)N[C@H](C#N)C[C@@H]1CCNC1=O. The van der Waals surface area contributed by atoms with Crippen molar-refractivity contribution in [1.29, 1.82) is 5.26 Å². The van der Waals surface area contributed by atoms with Gasteiger partial charge in [-0.15, -0.1) is 0 Å². The predicted molar refractivity (Wildman–Crippen MR) is 116 cm³/mol. The number of rotatable bonds is 10. The first kappa shape index (κ1) is 27.1. The smallest absolute Gasteiger partial charge is 0.376 e. The summed E-state index contributed by atoms with van der Waals surface area (Å²) in [5.41, 5.74) is -3.94. The highest BCUT2D eigenvalue weighted by Gasteiger charge is 2.56. The van der Waals surface area contributed by atoms with Crippen LogP contribution in [0.4, 0.5) is 13.2 Å². The average molecular weight is 483 g/mol. The minimum absolute atomic E-state index is 0.0816. The summed E-state index contributed by atoms with van der Waals surface area (Å²) in [6, 6.07) is 5.90. The lowest BCUT2D eigenvalue weighted by Gasteiger charge is -2.31. The van der Waals surface area contributed by atoms with Crippen molar-refractivity contribution in [1.82, 2.24) is 16.0 Å². The Hall–Kier alpha value is -3.13. The number of nitrogens with one attached hydrogen (secondary N) is 3. The molecule has 0 saturated carbocycles. The Morgan fingerprint density at radius 1 is 1.24 bits per heavy atom. The average Bonchev–Trinajstić information content (AvgIpc) is 3.16. The van der Waals surface area contributed by atoms with E-state index in [0.29, 0.717) is 13.0 Å². The zero-order valence-electron chi connectivity index (χ0n) is 19.0. The van der Waals surface area contributed by atoms with E-state index in [-0.39, 0.29) is 24.7 Å². The molecule has 4 atom stereocenters. The van der Waals surface area contributed by atoms with Crippen molar-refractivity contribution in [3.05, 3.63) is 35.9 Å². The molecule has 1 aromatic rings. The molecule has 0 unspecified atom stereocenters. The predicted octanol–water partition coefficient (Wildman–Crippen LogP) is 1.89. The zero-order chi connectivity index (χ0) is 25.5. The van der Waals surface area contributed by atoms with Gasteiger partial charge in [0.05, 0.1) is 12.5 Å². The summed E-state index contributed by atoms with van der Waals surface area (Å²) in [5, 5.41) is 27.2. The van der Waals surface area contributed by atoms with Gasteiger partial charge in [-0.3, -0.25) is 14.4 Å². The van der Waals surface area contributed by atoms with E-state index in [9.17, 15) is 37.9 Å². The second-order valence-corrected chi connectivity index (χ2v) is 8.85. The highest BCUT2D eigenvalue weighted by molar-refractivity contribution is 5.88. The minimum atomic E-state index is -5.14. The molecule has 34 heavy (non-hydrogen) atoms. The highest BCUT2D eigenvalue weighted by Crippen LogP contribution is 2.41. The maximum atomic E-state index is 13.7. The third kappa shape index (κ3) is 6.93. The van der Waals surface area contributed by atoms with E-state index in [4.69, 9.17) is 0 Å². The first-order chi connectivity index (χ1) is 15.9. The lowest BCUT2D eigenvalue weighted by molar-refractivity contribution is -0.267. The molecule has 0 spiro atoms. The Morgan fingerprint density at radius 2 is 1.88 bits per heavy atom. The summed E-state index contributed by atoms with van der Waals surface area (Å²) < 4.78 is 41.2. The van der Waals surface area contributed by atoms with E-state index in [0.717, 1.165) is 12.1 Å². The standard InChI is InChI=1S/C23H29F3N4O4/c1-14(2)10-18(21(33)29-17(13-27)11-15-8-9-28-20(15)32)30-19(31)12-22(34,23(24,25)26)16-6-4-3-5-7-16/h3-7,14-15,17-18,34H,8-12H2,1-2H3,(H,28,32)(H,29,33)(H,30,31)/t15-,17-,18-,22-/m0/s1. The molecule has 1 aliphatic heterocycles. The van der Waals surface area contributed by atoms with Crippen molar-refractivity contribution in [2.45, 2.75) is 63.4 Å². The molecular formula is C23H29F3N4O4. The van der Waals surface area contributed by atoms with E-state index in [1.807, 2.05) is 6.07 Å². The van der Waals surface area contributed by atoms with Crippen LogP contribution in [0.5, 0.6) is 0 Å². The molecule has 0 aromatic heterocycles. The number of aliphatic hydroxyl groups is 1. The number of carbonyl (C=O) groups excluding carboxylic acids is 3. The van der Waals surface area contributed by atoms with Gasteiger partial charge >= 0.3 is 6.18 Å². The molecule has 0 aliphatic carbocycles. The summed E-state index contributed by atoms with van der Waals surface area (Å²) in [7, 11) is 0. The number of halogens is 3. The summed E-state index contributed by atoms with van der Waals surface area (Å²) in [4.78, 5) is 37.2. The summed E-state index contributed by atoms with van der Waals surface area (Å²) >= 11 is 0. The Labute approximate surface area is 195 Å². The number of carbonyl (C=O) groups is 3. The van der Waals surface area contributed by atoms with Crippen molar-refractivity contribution in [3.63, 3.8) is 0 Å². The Morgan fingerprint density at radius 3 is 2.38 bits per heavy atom. The number of hydrogen-bond acceptors (Lipinski definition) is 5. The molecule has 0 bridgehead atoms. The Bertz CT molecular complexity index is 917. The fraction of sp³-hybridized carbons (Fsp3) is 0.565. The van der Waals surface area contributed by atoms with E-state index in [1.165, 1.54) is 18.2 Å². The van der Waals surface area contributed by atoms with Crippen LogP contribution in [0.3, 0.4) is 0 Å². The summed E-state index contributed by atoms with van der Waals surface area (Å²) in [6.07, 6.45) is -5.79. The van der Waals surface area contributed by atoms with Crippen LogP contribution in [0.25, 0.3) is 0 Å². The number of alkyl halides is 3. The van der Waals surface area contributed by atoms with Crippen molar-refractivity contribution >= 4 is 17.7 Å². The molecule has 1 fully saturated rings. The van der Waals surface area contributed by atoms with Crippen LogP contribution in [-0.4, -0.2) is 47.6 Å². The first-order valence-corrected chi connectivity index (χ1v) is 11.0. The van der Waals surface area contributed by atoms with Crippen molar-refractivity contribution in [2.75, 3.05) is 6.54 Å². The Balaban J connectivity index is 2.13. The van der Waals surface area contributed by atoms with Gasteiger partial charge in [-0.2, -0.15) is 18.4 Å². The van der Waals surface area contributed by atoms with Gasteiger partial charge in [-0.25, -0.2) is 0 Å². The number of nitriles is 1. The Kier molecular flexibility index (Phi) is 9.04. The van der Waals surface area contributed by atoms with Gasteiger partial charge in [0.25, 0.3) is 0 Å². The van der Waals surface area contributed by atoms with Gasteiger partial charge in [0.2, 0.25) is 17.7 Å². The molecule has 3 amide bonds. The summed E-state index contributed by atoms with van der Waals surface area (Å²) in [6.45, 7) is 3.99. The van der Waals surface area contributed by atoms with E-state index in [2.05, 4.69) is 16.0 Å². The number of amides is 3. The molecule has 8 nitrogen and oxygen atoms in total. The molecular weight excluding hydrogens is 453 g/mol. The summed E-state index contributed by atoms with van der Waals surface area (Å²) in [5.74, 6) is -2.69. The third-order valence-electron chi connectivity index (χ3n) is 5.65. The second-order valence-electron chi connectivity index (χ2n) is 8.85. The molecule has 1 saturated heterocycles. The molecule has 2 rings (SSSR count). The zero-order valence-corrected chi connectivity index (χ0v) is 19.0. The van der Waals surface area contributed by atoms with Crippen LogP contribution >= 0.6 is 0 Å². The number of benzene rings is 1. The second kappa shape index (κ2) is 11.3. The molecule has 1 heterocycles. The maximum absolute atomic E-state index is 13.7. The van der Waals surface area contributed by atoms with E-state index < -0.39 is 53.6 Å². The van der Waals surface area contributed by atoms with Crippen LogP contribution < -0.4 is 16.0 Å². The highest BCUT2D eigenvalue weighted by atomic mass is 19.4. The maximum Gasteiger partial charge on any atom is 0.421 e. The molecule has 1 aromatic carbocycles. The first-order valence-electron chi connectivity index (χ1n) is 11.0. The van der Waals surface area contributed by atoms with Crippen LogP contribution in [0.2, 0.25) is 0 Å².